The van der Waals surface area contributed by atoms with Crippen molar-refractivity contribution in [3.8, 4) is 5.75 Å². The zero-order valence-electron chi connectivity index (χ0n) is 11.1. The van der Waals surface area contributed by atoms with E-state index in [1.807, 2.05) is 0 Å². The van der Waals surface area contributed by atoms with Crippen LogP contribution in [0.15, 0.2) is 18.2 Å². The predicted molar refractivity (Wildman–Crippen MR) is 70.1 cm³/mol. The van der Waals surface area contributed by atoms with Gasteiger partial charge >= 0.3 is 12.6 Å². The number of likely N-dealkylation sites (tertiary alicyclic amines) is 1. The van der Waals surface area contributed by atoms with E-state index in [2.05, 4.69) is 4.74 Å². The van der Waals surface area contributed by atoms with E-state index in [0.29, 0.717) is 0 Å². The van der Waals surface area contributed by atoms with E-state index in [4.69, 9.17) is 16.7 Å². The summed E-state index contributed by atoms with van der Waals surface area (Å²) in [7, 11) is 0. The largest absolute Gasteiger partial charge is 0.479 e. The summed E-state index contributed by atoms with van der Waals surface area (Å²) in [5, 5.41) is 8.91. The van der Waals surface area contributed by atoms with Crippen molar-refractivity contribution in [1.82, 2.24) is 4.90 Å². The molecule has 0 saturated carbocycles. The van der Waals surface area contributed by atoms with Crippen LogP contribution in [-0.2, 0) is 4.79 Å². The zero-order chi connectivity index (χ0) is 16.5. The molecule has 1 aromatic carbocycles. The Bertz CT molecular complexity index is 613. The Morgan fingerprint density at radius 1 is 1.41 bits per heavy atom. The predicted octanol–water partition coefficient (Wildman–Crippen LogP) is 2.58. The van der Waals surface area contributed by atoms with Crippen molar-refractivity contribution in [3.63, 3.8) is 0 Å². The van der Waals surface area contributed by atoms with Crippen LogP contribution in [0.4, 0.5) is 13.2 Å². The van der Waals surface area contributed by atoms with Gasteiger partial charge in [0.15, 0.2) is 0 Å². The van der Waals surface area contributed by atoms with Gasteiger partial charge in [0, 0.05) is 18.0 Å². The van der Waals surface area contributed by atoms with Crippen molar-refractivity contribution >= 4 is 23.5 Å². The molecule has 0 bridgehead atoms. The van der Waals surface area contributed by atoms with E-state index in [1.54, 1.807) is 0 Å². The molecule has 1 N–H and O–H groups in total. The summed E-state index contributed by atoms with van der Waals surface area (Å²) in [6.45, 7) is -3.96. The van der Waals surface area contributed by atoms with Crippen molar-refractivity contribution in [2.45, 2.75) is 18.7 Å². The molecular weight excluding hydrogens is 327 g/mol. The second-order valence-electron chi connectivity index (χ2n) is 4.77. The van der Waals surface area contributed by atoms with Crippen LogP contribution in [0.25, 0.3) is 0 Å². The van der Waals surface area contributed by atoms with Crippen LogP contribution in [0.3, 0.4) is 0 Å². The average Bonchev–Trinajstić information content (AvgIpc) is 2.83. The van der Waals surface area contributed by atoms with Crippen molar-refractivity contribution in [1.29, 1.82) is 0 Å². The number of alkyl halides is 3. The lowest BCUT2D eigenvalue weighted by Gasteiger charge is -2.19. The second kappa shape index (κ2) is 6.04. The van der Waals surface area contributed by atoms with Gasteiger partial charge in [0.25, 0.3) is 5.91 Å². The van der Waals surface area contributed by atoms with Gasteiger partial charge in [-0.15, -0.1) is 0 Å². The monoisotopic (exact) mass is 337 g/mol. The Hall–Kier alpha value is -1.96. The first-order chi connectivity index (χ1) is 10.2. The Kier molecular flexibility index (Phi) is 4.50. The first-order valence-corrected chi connectivity index (χ1v) is 6.57. The molecule has 2 rings (SSSR count). The van der Waals surface area contributed by atoms with Gasteiger partial charge in [-0.1, -0.05) is 11.6 Å². The summed E-state index contributed by atoms with van der Waals surface area (Å²) in [6, 6.07) is 3.47. The van der Waals surface area contributed by atoms with Crippen molar-refractivity contribution in [2.75, 3.05) is 13.1 Å². The number of nitrogens with zero attached hydrogens (tertiary/aromatic N) is 1. The molecule has 1 atom stereocenters. The van der Waals surface area contributed by atoms with Crippen LogP contribution in [-0.4, -0.2) is 47.3 Å². The first kappa shape index (κ1) is 16.4. The summed E-state index contributed by atoms with van der Waals surface area (Å²) in [6.07, 6.45) is -0.375. The molecule has 0 aliphatic carbocycles. The van der Waals surface area contributed by atoms with Gasteiger partial charge in [0.1, 0.15) is 5.75 Å². The molecule has 1 amide bonds. The molecule has 1 unspecified atom stereocenters. The fourth-order valence-corrected chi connectivity index (χ4v) is 2.33. The number of carboxylic acids is 1. The number of benzene rings is 1. The van der Waals surface area contributed by atoms with Gasteiger partial charge in [-0.3, -0.25) is 4.79 Å². The number of carbonyl (C=O) groups is 2. The van der Waals surface area contributed by atoms with E-state index in [1.165, 1.54) is 6.07 Å². The number of hydrogen-bond acceptors (Lipinski definition) is 3. The number of amides is 1. The van der Waals surface area contributed by atoms with E-state index in [9.17, 15) is 22.8 Å². The topological polar surface area (TPSA) is 66.8 Å². The summed E-state index contributed by atoms with van der Waals surface area (Å²) in [5.74, 6) is -2.90. The highest BCUT2D eigenvalue weighted by Crippen LogP contribution is 2.31. The van der Waals surface area contributed by atoms with E-state index >= 15 is 0 Å². The lowest BCUT2D eigenvalue weighted by Crippen LogP contribution is -2.39. The van der Waals surface area contributed by atoms with Gasteiger partial charge in [-0.05, 0) is 18.2 Å². The van der Waals surface area contributed by atoms with Gasteiger partial charge < -0.3 is 14.7 Å². The summed E-state index contributed by atoms with van der Waals surface area (Å²) in [4.78, 5) is 24.1. The third-order valence-corrected chi connectivity index (χ3v) is 3.51. The Balaban J connectivity index is 2.26. The van der Waals surface area contributed by atoms with Crippen molar-refractivity contribution in [3.05, 3.63) is 28.8 Å². The average molecular weight is 338 g/mol. The number of rotatable bonds is 4. The Morgan fingerprint density at radius 2 is 2.09 bits per heavy atom. The highest BCUT2D eigenvalue weighted by Gasteiger charge is 2.47. The standard InChI is InChI=1S/C13H11ClF3NO4/c14-7-1-2-9(22-12(15)16)8(5-7)10(19)18-4-3-13(17,6-18)11(20)21/h1-2,5,12H,3-4,6H2,(H,20,21). The smallest absolute Gasteiger partial charge is 0.387 e. The molecule has 22 heavy (non-hydrogen) atoms. The minimum Gasteiger partial charge on any atom is -0.479 e. The molecule has 1 fully saturated rings. The fourth-order valence-electron chi connectivity index (χ4n) is 2.16. The molecular formula is C13H11ClF3NO4. The SMILES string of the molecule is O=C(c1cc(Cl)ccc1OC(F)F)N1CCC(F)(C(=O)O)C1. The number of carbonyl (C=O) groups excluding carboxylic acids is 1. The maximum atomic E-state index is 14.0. The van der Waals surface area contributed by atoms with Gasteiger partial charge in [0.2, 0.25) is 5.67 Å². The highest BCUT2D eigenvalue weighted by atomic mass is 35.5. The molecule has 1 aromatic rings. The molecule has 5 nitrogen and oxygen atoms in total. The third-order valence-electron chi connectivity index (χ3n) is 3.28. The summed E-state index contributed by atoms with van der Waals surface area (Å²) in [5.41, 5.74) is -2.82. The molecule has 1 heterocycles. The first-order valence-electron chi connectivity index (χ1n) is 6.19. The van der Waals surface area contributed by atoms with E-state index in [-0.39, 0.29) is 23.6 Å². The molecule has 0 aromatic heterocycles. The van der Waals surface area contributed by atoms with Crippen LogP contribution in [0.5, 0.6) is 5.75 Å². The van der Waals surface area contributed by atoms with Crippen molar-refractivity contribution in [2.24, 2.45) is 0 Å². The van der Waals surface area contributed by atoms with Crippen molar-refractivity contribution < 1.29 is 32.6 Å². The molecule has 1 aliphatic rings. The molecule has 0 radical (unpaired) electrons. The van der Waals surface area contributed by atoms with Crippen LogP contribution < -0.4 is 4.74 Å². The minimum absolute atomic E-state index is 0.105. The van der Waals surface area contributed by atoms with Gasteiger partial charge in [0.05, 0.1) is 12.1 Å². The Labute approximate surface area is 128 Å². The fraction of sp³-hybridized carbons (Fsp3) is 0.385. The van der Waals surface area contributed by atoms with Crippen LogP contribution in [0.1, 0.15) is 16.8 Å². The zero-order valence-corrected chi connectivity index (χ0v) is 11.8. The lowest BCUT2D eigenvalue weighted by atomic mass is 10.1. The van der Waals surface area contributed by atoms with Crippen LogP contribution in [0.2, 0.25) is 5.02 Å². The molecule has 1 saturated heterocycles. The molecule has 1 aliphatic heterocycles. The van der Waals surface area contributed by atoms with E-state index < -0.39 is 36.5 Å². The Morgan fingerprint density at radius 3 is 2.64 bits per heavy atom. The van der Waals surface area contributed by atoms with E-state index in [0.717, 1.165) is 17.0 Å². The number of halogens is 4. The van der Waals surface area contributed by atoms with Crippen LogP contribution in [0, 0.1) is 0 Å². The number of carboxylic acid groups (broad SMARTS) is 1. The number of hydrogen-bond donors (Lipinski definition) is 1. The quantitative estimate of drug-likeness (QED) is 0.917. The summed E-state index contributed by atoms with van der Waals surface area (Å²) < 4.78 is 42.9. The molecule has 9 heteroatoms. The normalized spacial score (nSPS) is 21.2. The van der Waals surface area contributed by atoms with Crippen LogP contribution >= 0.6 is 11.6 Å². The second-order valence-corrected chi connectivity index (χ2v) is 5.20. The minimum atomic E-state index is -3.15. The highest BCUT2D eigenvalue weighted by molar-refractivity contribution is 6.31. The molecule has 0 spiro atoms. The van der Waals surface area contributed by atoms with Gasteiger partial charge in [-0.25, -0.2) is 9.18 Å². The number of ether oxygens (including phenoxy) is 1. The summed E-state index contributed by atoms with van der Waals surface area (Å²) >= 11 is 5.73. The lowest BCUT2D eigenvalue weighted by molar-refractivity contribution is -0.149. The third kappa shape index (κ3) is 3.27. The molecule has 120 valence electrons. The maximum absolute atomic E-state index is 14.0. The maximum Gasteiger partial charge on any atom is 0.387 e. The number of aliphatic carboxylic acids is 1. The van der Waals surface area contributed by atoms with Gasteiger partial charge in [-0.2, -0.15) is 8.78 Å².